The summed E-state index contributed by atoms with van der Waals surface area (Å²) in [5.41, 5.74) is -0.681. The lowest BCUT2D eigenvalue weighted by Gasteiger charge is -2.40. The smallest absolute Gasteiger partial charge is 0.338 e. The molecule has 17 nitrogen and oxygen atoms in total. The molecule has 280 valence electrons. The minimum atomic E-state index is -1.71. The molecular weight excluding hydrogens is 716 g/mol. The zero-order chi connectivity index (χ0) is 38.9. The third-order valence-corrected chi connectivity index (χ3v) is 9.32. The van der Waals surface area contributed by atoms with E-state index in [9.17, 15) is 71.2 Å². The number of hydrogen-bond acceptors (Lipinski definition) is 17. The van der Waals surface area contributed by atoms with Gasteiger partial charge in [-0.25, -0.2) is 4.79 Å². The molecule has 7 rings (SSSR count). The fraction of sp³-hybridized carbons (Fsp3) is 0.162. The predicted molar refractivity (Wildman–Crippen MR) is 180 cm³/mol. The third kappa shape index (κ3) is 5.77. The fourth-order valence-corrected chi connectivity index (χ4v) is 6.76. The van der Waals surface area contributed by atoms with E-state index < -0.39 is 112 Å². The first-order valence-electron chi connectivity index (χ1n) is 15.9. The number of hydrogen-bond donors (Lipinski definition) is 13. The number of rotatable bonds is 5. The molecule has 5 atom stereocenters. The quantitative estimate of drug-likeness (QED) is 0.0901. The molecule has 0 aliphatic carbocycles. The lowest BCUT2D eigenvalue weighted by molar-refractivity contribution is -0.0210. The van der Waals surface area contributed by atoms with Gasteiger partial charge in [0.1, 0.15) is 41.0 Å². The molecule has 0 unspecified atom stereocenters. The van der Waals surface area contributed by atoms with Crippen molar-refractivity contribution in [2.24, 2.45) is 0 Å². The van der Waals surface area contributed by atoms with Crippen LogP contribution in [-0.4, -0.2) is 84.6 Å². The summed E-state index contributed by atoms with van der Waals surface area (Å²) in [5.74, 6) is -11.8. The van der Waals surface area contributed by atoms with Crippen LogP contribution < -0.4 is 9.47 Å². The Morgan fingerprint density at radius 3 is 1.67 bits per heavy atom. The van der Waals surface area contributed by atoms with Crippen LogP contribution >= 0.6 is 0 Å². The predicted octanol–water partition coefficient (Wildman–Crippen LogP) is 3.68. The van der Waals surface area contributed by atoms with Gasteiger partial charge in [0, 0.05) is 52.3 Å². The monoisotopic (exact) mass is 746 g/mol. The highest BCUT2D eigenvalue weighted by Gasteiger charge is 2.46. The number of aromatic hydroxyl groups is 12. The molecule has 0 radical (unpaired) electrons. The van der Waals surface area contributed by atoms with Crippen LogP contribution in [-0.2, 0) is 11.2 Å². The van der Waals surface area contributed by atoms with E-state index in [1.165, 1.54) is 18.2 Å². The summed E-state index contributed by atoms with van der Waals surface area (Å²) in [5, 5.41) is 136. The van der Waals surface area contributed by atoms with E-state index in [-0.39, 0.29) is 45.1 Å². The van der Waals surface area contributed by atoms with Crippen molar-refractivity contribution < 1.29 is 85.4 Å². The SMILES string of the molecule is O=C(O[C@@H]1Cc2c(O)cc(O)c([C@@H]3c4ccc(O)cc4O[C@H](c4cc(O)c(O)c(O)c4)[C@H]3O)c2O[C@@H]1c1cc(O)c(O)c(O)c1)c1cc(O)c(O)c(O)c1. The summed E-state index contributed by atoms with van der Waals surface area (Å²) < 4.78 is 18.1. The second kappa shape index (κ2) is 12.7. The lowest BCUT2D eigenvalue weighted by Crippen LogP contribution is -2.38. The van der Waals surface area contributed by atoms with Crippen molar-refractivity contribution in [3.63, 3.8) is 0 Å². The average molecular weight is 747 g/mol. The van der Waals surface area contributed by atoms with Gasteiger partial charge in [-0.3, -0.25) is 0 Å². The van der Waals surface area contributed by atoms with E-state index in [2.05, 4.69) is 0 Å². The zero-order valence-electron chi connectivity index (χ0n) is 27.3. The fourth-order valence-electron chi connectivity index (χ4n) is 6.76. The molecule has 5 aromatic carbocycles. The second-order valence-electron chi connectivity index (χ2n) is 12.7. The van der Waals surface area contributed by atoms with Gasteiger partial charge in [-0.2, -0.15) is 0 Å². The first-order valence-corrected chi connectivity index (χ1v) is 15.9. The largest absolute Gasteiger partial charge is 0.508 e. The van der Waals surface area contributed by atoms with E-state index >= 15 is 0 Å². The van der Waals surface area contributed by atoms with Crippen molar-refractivity contribution in [3.8, 4) is 80.5 Å². The van der Waals surface area contributed by atoms with Crippen molar-refractivity contribution in [2.45, 2.75) is 36.8 Å². The van der Waals surface area contributed by atoms with Gasteiger partial charge in [0.2, 0.25) is 0 Å². The zero-order valence-corrected chi connectivity index (χ0v) is 27.3. The standard InChI is InChI=1S/C37H30O17/c38-15-1-2-16-26(9-15)52-35(13-5-22(43)31(48)23(44)6-13)33(50)28(16)29-19(40)11-18(39)17-10-27(53-37(51)14-7-24(45)32(49)25(46)8-14)34(54-36(17)29)12-3-20(41)30(47)21(42)4-12/h1-9,11,27-28,33-35,38-50H,10H2/t27-,28+,33+,34-,35-/m1/s1. The highest BCUT2D eigenvalue weighted by atomic mass is 16.6. The number of aliphatic hydroxyl groups excluding tert-OH is 1. The number of phenolic OH excluding ortho intramolecular Hbond substituents is 12. The molecule has 0 fully saturated rings. The highest BCUT2D eigenvalue weighted by molar-refractivity contribution is 5.91. The van der Waals surface area contributed by atoms with Crippen LogP contribution in [0.1, 0.15) is 56.3 Å². The van der Waals surface area contributed by atoms with Gasteiger partial charge in [-0.1, -0.05) is 6.07 Å². The topological polar surface area (TPSA) is 308 Å². The maximum Gasteiger partial charge on any atom is 0.338 e. The number of carbonyl (C=O) groups excluding carboxylic acids is 1. The molecule has 13 N–H and O–H groups in total. The Morgan fingerprint density at radius 1 is 0.593 bits per heavy atom. The number of carbonyl (C=O) groups is 1. The molecule has 0 saturated carbocycles. The van der Waals surface area contributed by atoms with Gasteiger partial charge in [-0.15, -0.1) is 0 Å². The van der Waals surface area contributed by atoms with E-state index in [4.69, 9.17) is 14.2 Å². The van der Waals surface area contributed by atoms with Gasteiger partial charge in [0.25, 0.3) is 0 Å². The number of benzene rings is 5. The van der Waals surface area contributed by atoms with E-state index in [0.29, 0.717) is 0 Å². The number of fused-ring (bicyclic) bond motifs is 2. The first-order chi connectivity index (χ1) is 25.5. The number of aliphatic hydroxyl groups is 1. The summed E-state index contributed by atoms with van der Waals surface area (Å²) >= 11 is 0. The minimum Gasteiger partial charge on any atom is -0.508 e. The maximum atomic E-state index is 13.4. The molecule has 5 aromatic rings. The molecule has 0 spiro atoms. The maximum absolute atomic E-state index is 13.4. The molecule has 54 heavy (non-hydrogen) atoms. The Morgan fingerprint density at radius 2 is 1.11 bits per heavy atom. The molecule has 0 amide bonds. The Balaban J connectivity index is 1.39. The molecule has 2 aliphatic heterocycles. The number of esters is 1. The lowest BCUT2D eigenvalue weighted by atomic mass is 9.77. The van der Waals surface area contributed by atoms with E-state index in [0.717, 1.165) is 42.5 Å². The normalized spacial score (nSPS) is 20.2. The summed E-state index contributed by atoms with van der Waals surface area (Å²) in [6.07, 6.45) is -6.58. The Kier molecular flexibility index (Phi) is 8.29. The van der Waals surface area contributed by atoms with Crippen molar-refractivity contribution in [2.75, 3.05) is 0 Å². The molecule has 17 heteroatoms. The van der Waals surface area contributed by atoms with Crippen LogP contribution in [0.2, 0.25) is 0 Å². The van der Waals surface area contributed by atoms with Crippen molar-refractivity contribution in [3.05, 3.63) is 94.0 Å². The van der Waals surface area contributed by atoms with Gasteiger partial charge in [0.05, 0.1) is 5.56 Å². The van der Waals surface area contributed by atoms with E-state index in [1.807, 2.05) is 0 Å². The molecule has 0 saturated heterocycles. The molecule has 2 heterocycles. The minimum absolute atomic E-state index is 0.0310. The number of ether oxygens (including phenoxy) is 3. The summed E-state index contributed by atoms with van der Waals surface area (Å²) in [7, 11) is 0. The van der Waals surface area contributed by atoms with Gasteiger partial charge >= 0.3 is 5.97 Å². The first kappa shape index (κ1) is 35.1. The summed E-state index contributed by atoms with van der Waals surface area (Å²) in [4.78, 5) is 13.4. The van der Waals surface area contributed by atoms with Crippen LogP contribution in [0, 0.1) is 0 Å². The average Bonchev–Trinajstić information content (AvgIpc) is 3.11. The molecule has 2 aliphatic rings. The van der Waals surface area contributed by atoms with Crippen LogP contribution in [0.25, 0.3) is 0 Å². The van der Waals surface area contributed by atoms with Crippen molar-refractivity contribution in [1.29, 1.82) is 0 Å². The van der Waals surface area contributed by atoms with Crippen LogP contribution in [0.5, 0.6) is 80.5 Å². The van der Waals surface area contributed by atoms with Crippen LogP contribution in [0.15, 0.2) is 60.7 Å². The molecule has 0 bridgehead atoms. The van der Waals surface area contributed by atoms with Gasteiger partial charge in [-0.05, 0) is 42.5 Å². The van der Waals surface area contributed by atoms with Crippen molar-refractivity contribution >= 4 is 5.97 Å². The summed E-state index contributed by atoms with van der Waals surface area (Å²) in [6.45, 7) is 0. The second-order valence-corrected chi connectivity index (χ2v) is 12.7. The van der Waals surface area contributed by atoms with Crippen LogP contribution in [0.3, 0.4) is 0 Å². The van der Waals surface area contributed by atoms with Crippen molar-refractivity contribution in [1.82, 2.24) is 0 Å². The Bertz CT molecular complexity index is 2290. The number of phenols is 12. The van der Waals surface area contributed by atoms with E-state index in [1.54, 1.807) is 0 Å². The van der Waals surface area contributed by atoms with Gasteiger partial charge in [0.15, 0.2) is 64.0 Å². The molecular formula is C37H30O17. The van der Waals surface area contributed by atoms with Crippen LogP contribution in [0.4, 0.5) is 0 Å². The summed E-state index contributed by atoms with van der Waals surface area (Å²) in [6, 6.07) is 10.4. The Hall–Kier alpha value is -7.27. The highest BCUT2D eigenvalue weighted by Crippen LogP contribution is 2.56. The third-order valence-electron chi connectivity index (χ3n) is 9.32. The van der Waals surface area contributed by atoms with Gasteiger partial charge < -0.3 is 80.6 Å². The molecule has 0 aromatic heterocycles. The Labute approximate surface area is 302 Å².